The van der Waals surface area contributed by atoms with Gasteiger partial charge < -0.3 is 12.3 Å². The van der Waals surface area contributed by atoms with E-state index in [-0.39, 0.29) is 0 Å². The van der Waals surface area contributed by atoms with E-state index < -0.39 is 33.8 Å². The molecule has 0 fully saturated rings. The molecule has 1 rings (SSSR count). The summed E-state index contributed by atoms with van der Waals surface area (Å²) in [5.41, 5.74) is 0. The summed E-state index contributed by atoms with van der Waals surface area (Å²) in [6.07, 6.45) is 0. The maximum absolute atomic E-state index is 6.82. The normalized spacial score (nSPS) is 14.1. The van der Waals surface area contributed by atoms with Gasteiger partial charge in [-0.2, -0.15) is 0 Å². The highest BCUT2D eigenvalue weighted by Gasteiger charge is 2.52. The van der Waals surface area contributed by atoms with Gasteiger partial charge in [0.05, 0.1) is 0 Å². The Labute approximate surface area is 147 Å². The third-order valence-electron chi connectivity index (χ3n) is 3.27. The summed E-state index contributed by atoms with van der Waals surface area (Å²) < 4.78 is 20.3. The van der Waals surface area contributed by atoms with E-state index in [0.717, 1.165) is 11.2 Å². The van der Waals surface area contributed by atoms with Crippen molar-refractivity contribution in [2.45, 2.75) is 65.3 Å². The van der Waals surface area contributed by atoms with Crippen LogP contribution in [0.3, 0.4) is 0 Å². The smallest absolute Gasteiger partial charge is 0.414 e. The molecular formula is C16H34O3Si4. The Kier molecular flexibility index (Phi) is 6.82. The minimum absolute atomic E-state index is 1.05. The summed E-state index contributed by atoms with van der Waals surface area (Å²) in [6, 6.07) is 11.4. The van der Waals surface area contributed by atoms with Gasteiger partial charge >= 0.3 is 8.80 Å². The van der Waals surface area contributed by atoms with Gasteiger partial charge in [0.2, 0.25) is 0 Å². The molecule has 0 saturated heterocycles. The van der Waals surface area contributed by atoms with Gasteiger partial charge in [0, 0.05) is 5.19 Å². The standard InChI is InChI=1S/C16H34O3Si4/c1-10-22(8,9)19-23(17-20(2,3)4,18-21(5,6)7)16-14-12-11-13-15-16/h11-15H,10H2,1-9H3. The molecule has 0 aliphatic rings. The van der Waals surface area contributed by atoms with Crippen molar-refractivity contribution in [1.82, 2.24) is 0 Å². The molecule has 0 heterocycles. The van der Waals surface area contributed by atoms with Gasteiger partial charge in [-0.3, -0.25) is 0 Å². The van der Waals surface area contributed by atoms with Gasteiger partial charge in [0.1, 0.15) is 0 Å². The molecule has 0 bridgehead atoms. The van der Waals surface area contributed by atoms with Gasteiger partial charge in [-0.05, 0) is 58.4 Å². The zero-order valence-electron chi connectivity index (χ0n) is 16.3. The Morgan fingerprint density at radius 2 is 1.13 bits per heavy atom. The third-order valence-corrected chi connectivity index (χ3v) is 16.3. The summed E-state index contributed by atoms with van der Waals surface area (Å²) in [4.78, 5) is 0. The summed E-state index contributed by atoms with van der Waals surface area (Å²) in [5, 5.41) is 1.11. The van der Waals surface area contributed by atoms with E-state index in [0.29, 0.717) is 0 Å². The van der Waals surface area contributed by atoms with E-state index in [1.54, 1.807) is 0 Å². The quantitative estimate of drug-likeness (QED) is 0.602. The van der Waals surface area contributed by atoms with Crippen molar-refractivity contribution < 1.29 is 12.3 Å². The molecule has 0 aliphatic carbocycles. The Morgan fingerprint density at radius 1 is 0.696 bits per heavy atom. The second kappa shape index (κ2) is 7.47. The van der Waals surface area contributed by atoms with Crippen molar-refractivity contribution in [3.05, 3.63) is 30.3 Å². The molecule has 0 aliphatic heterocycles. The number of rotatable bonds is 8. The van der Waals surface area contributed by atoms with Gasteiger partial charge in [-0.1, -0.05) is 37.3 Å². The first kappa shape index (κ1) is 21.0. The summed E-state index contributed by atoms with van der Waals surface area (Å²) in [5.74, 6) is 0. The molecule has 0 amide bonds. The Morgan fingerprint density at radius 3 is 1.48 bits per heavy atom. The van der Waals surface area contributed by atoms with Gasteiger partial charge in [0.25, 0.3) is 0 Å². The van der Waals surface area contributed by atoms with Crippen LogP contribution in [0.4, 0.5) is 0 Å². The molecule has 7 heteroatoms. The van der Waals surface area contributed by atoms with Crippen LogP contribution in [0.1, 0.15) is 6.92 Å². The molecule has 0 saturated carbocycles. The Hall–Kier alpha value is -0.0325. The molecule has 3 nitrogen and oxygen atoms in total. The topological polar surface area (TPSA) is 27.7 Å². The van der Waals surface area contributed by atoms with Crippen LogP contribution in [-0.4, -0.2) is 33.8 Å². The average Bonchev–Trinajstić information content (AvgIpc) is 2.35. The van der Waals surface area contributed by atoms with E-state index in [1.807, 2.05) is 6.07 Å². The van der Waals surface area contributed by atoms with Crippen molar-refractivity contribution in [1.29, 1.82) is 0 Å². The second-order valence-corrected chi connectivity index (χ2v) is 25.4. The first-order valence-corrected chi connectivity index (χ1v) is 20.1. The predicted octanol–water partition coefficient (Wildman–Crippen LogP) is 4.78. The maximum atomic E-state index is 6.82. The van der Waals surface area contributed by atoms with Gasteiger partial charge in [0.15, 0.2) is 25.0 Å². The van der Waals surface area contributed by atoms with Crippen molar-refractivity contribution >= 4 is 38.9 Å². The molecule has 0 spiro atoms. The lowest BCUT2D eigenvalue weighted by Gasteiger charge is -2.43. The van der Waals surface area contributed by atoms with Crippen LogP contribution in [0.5, 0.6) is 0 Å². The highest BCUT2D eigenvalue weighted by molar-refractivity contribution is 6.95. The van der Waals surface area contributed by atoms with E-state index in [4.69, 9.17) is 12.3 Å². The van der Waals surface area contributed by atoms with Crippen LogP contribution < -0.4 is 5.19 Å². The van der Waals surface area contributed by atoms with E-state index in [1.165, 1.54) is 0 Å². The van der Waals surface area contributed by atoms with Crippen LogP contribution in [0.2, 0.25) is 58.4 Å². The summed E-state index contributed by atoms with van der Waals surface area (Å²) in [6.45, 7) is 20.0. The van der Waals surface area contributed by atoms with Crippen LogP contribution in [-0.2, 0) is 12.3 Å². The third kappa shape index (κ3) is 7.16. The first-order valence-electron chi connectivity index (χ1n) is 8.45. The number of hydrogen-bond acceptors (Lipinski definition) is 3. The number of benzene rings is 1. The first-order chi connectivity index (χ1) is 10.3. The molecule has 0 radical (unpaired) electrons. The maximum Gasteiger partial charge on any atom is 0.505 e. The second-order valence-electron chi connectivity index (χ2n) is 8.57. The predicted molar refractivity (Wildman–Crippen MR) is 110 cm³/mol. The molecule has 1 aromatic rings. The zero-order chi connectivity index (χ0) is 17.9. The lowest BCUT2D eigenvalue weighted by molar-refractivity contribution is 0.271. The molecule has 0 unspecified atom stereocenters. The molecule has 0 atom stereocenters. The van der Waals surface area contributed by atoms with Crippen LogP contribution in [0, 0.1) is 0 Å². The fourth-order valence-electron chi connectivity index (χ4n) is 2.12. The summed E-state index contributed by atoms with van der Waals surface area (Å²) >= 11 is 0. The fourth-order valence-corrected chi connectivity index (χ4v) is 15.7. The molecule has 23 heavy (non-hydrogen) atoms. The largest absolute Gasteiger partial charge is 0.505 e. The molecule has 0 aromatic heterocycles. The van der Waals surface area contributed by atoms with E-state index in [2.05, 4.69) is 83.6 Å². The highest BCUT2D eigenvalue weighted by Crippen LogP contribution is 2.27. The highest BCUT2D eigenvalue weighted by atomic mass is 28.5. The lowest BCUT2D eigenvalue weighted by atomic mass is 10.4. The van der Waals surface area contributed by atoms with Crippen molar-refractivity contribution in [2.24, 2.45) is 0 Å². The average molecular weight is 387 g/mol. The summed E-state index contributed by atoms with van der Waals surface area (Å²) in [7, 11) is -8.42. The fraction of sp³-hybridized carbons (Fsp3) is 0.625. The lowest BCUT2D eigenvalue weighted by Crippen LogP contribution is -2.67. The van der Waals surface area contributed by atoms with E-state index in [9.17, 15) is 0 Å². The minimum atomic E-state index is -2.91. The Bertz CT molecular complexity index is 476. The molecule has 1 aromatic carbocycles. The minimum Gasteiger partial charge on any atom is -0.414 e. The SMILES string of the molecule is CC[Si](C)(C)O[Si](O[Si](C)(C)C)(O[Si](C)(C)C)c1ccccc1. The Balaban J connectivity index is 3.44. The van der Waals surface area contributed by atoms with Gasteiger partial charge in [-0.15, -0.1) is 0 Å². The van der Waals surface area contributed by atoms with Crippen molar-refractivity contribution in [3.8, 4) is 0 Å². The van der Waals surface area contributed by atoms with E-state index >= 15 is 0 Å². The number of hydrogen-bond donors (Lipinski definition) is 0. The van der Waals surface area contributed by atoms with Crippen LogP contribution >= 0.6 is 0 Å². The zero-order valence-corrected chi connectivity index (χ0v) is 20.3. The van der Waals surface area contributed by atoms with Crippen molar-refractivity contribution in [2.75, 3.05) is 0 Å². The van der Waals surface area contributed by atoms with Crippen molar-refractivity contribution in [3.63, 3.8) is 0 Å². The molecule has 132 valence electrons. The van der Waals surface area contributed by atoms with Gasteiger partial charge in [-0.25, -0.2) is 0 Å². The molecular weight excluding hydrogens is 353 g/mol. The van der Waals surface area contributed by atoms with Crippen LogP contribution in [0.25, 0.3) is 0 Å². The molecule has 0 N–H and O–H groups in total. The monoisotopic (exact) mass is 386 g/mol. The van der Waals surface area contributed by atoms with Crippen LogP contribution in [0.15, 0.2) is 30.3 Å².